The maximum Gasteiger partial charge on any atom is 0.272 e. The first kappa shape index (κ1) is 18.2. The van der Waals surface area contributed by atoms with E-state index in [0.29, 0.717) is 0 Å². The van der Waals surface area contributed by atoms with Gasteiger partial charge in [0, 0.05) is 23.1 Å². The topological polar surface area (TPSA) is 34.0 Å². The van der Waals surface area contributed by atoms with Gasteiger partial charge >= 0.3 is 0 Å². The molecule has 1 aromatic heterocycles. The van der Waals surface area contributed by atoms with Crippen molar-refractivity contribution >= 4 is 22.5 Å². The molecule has 0 atom stereocenters. The van der Waals surface area contributed by atoms with E-state index in [9.17, 15) is 4.79 Å². The third kappa shape index (κ3) is 3.03. The number of benzene rings is 2. The zero-order valence-corrected chi connectivity index (χ0v) is 16.4. The van der Waals surface area contributed by atoms with E-state index in [1.807, 2.05) is 19.1 Å². The van der Waals surface area contributed by atoms with Crippen LogP contribution in [0, 0.1) is 13.8 Å². The van der Waals surface area contributed by atoms with Gasteiger partial charge < -0.3 is 9.88 Å². The van der Waals surface area contributed by atoms with Crippen LogP contribution in [-0.4, -0.2) is 10.5 Å². The molecule has 0 radical (unpaired) electrons. The van der Waals surface area contributed by atoms with Crippen molar-refractivity contribution < 1.29 is 4.79 Å². The van der Waals surface area contributed by atoms with Gasteiger partial charge in [0.1, 0.15) is 5.69 Å². The number of hydrogen-bond acceptors (Lipinski definition) is 1. The van der Waals surface area contributed by atoms with Crippen molar-refractivity contribution in [3.8, 4) is 0 Å². The number of aromatic nitrogens is 1. The molecule has 3 rings (SSSR count). The number of carbonyl (C=O) groups is 1. The number of rotatable bonds is 5. The van der Waals surface area contributed by atoms with Gasteiger partial charge in [0.25, 0.3) is 5.91 Å². The monoisotopic (exact) mass is 348 g/mol. The van der Waals surface area contributed by atoms with Crippen molar-refractivity contribution in [3.05, 3.63) is 64.3 Å². The Balaban J connectivity index is 2.10. The van der Waals surface area contributed by atoms with E-state index in [1.165, 1.54) is 16.5 Å². The van der Waals surface area contributed by atoms with E-state index in [2.05, 4.69) is 61.8 Å². The van der Waals surface area contributed by atoms with Crippen LogP contribution < -0.4 is 5.32 Å². The predicted octanol–water partition coefficient (Wildman–Crippen LogP) is 5.66. The molecule has 3 aromatic rings. The van der Waals surface area contributed by atoms with Crippen molar-refractivity contribution in [3.63, 3.8) is 0 Å². The van der Waals surface area contributed by atoms with E-state index in [1.54, 1.807) is 0 Å². The Hall–Kier alpha value is -2.55. The zero-order valence-electron chi connectivity index (χ0n) is 16.4. The minimum absolute atomic E-state index is 0.0254. The first-order chi connectivity index (χ1) is 12.5. The Morgan fingerprint density at radius 1 is 1.04 bits per heavy atom. The van der Waals surface area contributed by atoms with Crippen LogP contribution in [0.3, 0.4) is 0 Å². The minimum Gasteiger partial charge on any atom is -0.337 e. The summed E-state index contributed by atoms with van der Waals surface area (Å²) in [5.74, 6) is -0.0254. The van der Waals surface area contributed by atoms with Crippen molar-refractivity contribution in [1.29, 1.82) is 0 Å². The fraction of sp³-hybridized carbons (Fsp3) is 0.348. The van der Waals surface area contributed by atoms with E-state index in [0.717, 1.165) is 47.4 Å². The maximum atomic E-state index is 13.2. The number of hydrogen-bond donors (Lipinski definition) is 1. The Labute approximate surface area is 156 Å². The molecule has 0 bridgehead atoms. The van der Waals surface area contributed by atoms with Crippen LogP contribution in [-0.2, 0) is 19.4 Å². The van der Waals surface area contributed by atoms with Gasteiger partial charge in [0.05, 0.1) is 0 Å². The van der Waals surface area contributed by atoms with Gasteiger partial charge in [-0.25, -0.2) is 0 Å². The molecule has 0 fully saturated rings. The van der Waals surface area contributed by atoms with Gasteiger partial charge in [-0.1, -0.05) is 38.1 Å². The van der Waals surface area contributed by atoms with Gasteiger partial charge in [-0.3, -0.25) is 4.79 Å². The molecule has 0 aliphatic rings. The lowest BCUT2D eigenvalue weighted by Crippen LogP contribution is -2.19. The zero-order chi connectivity index (χ0) is 18.8. The van der Waals surface area contributed by atoms with Crippen molar-refractivity contribution in [1.82, 2.24) is 4.57 Å². The molecule has 0 saturated heterocycles. The standard InChI is InChI=1S/C23H28N2O/c1-6-17-12-13-20-19(14-17)16(5)22(25(20)8-3)23(26)24-21-15(4)10-9-11-18(21)7-2/h9-14H,6-8H2,1-5H3,(H,24,26). The van der Waals surface area contributed by atoms with Crippen LogP contribution in [0.2, 0.25) is 0 Å². The van der Waals surface area contributed by atoms with Crippen LogP contribution in [0.15, 0.2) is 36.4 Å². The lowest BCUT2D eigenvalue weighted by atomic mass is 10.0. The summed E-state index contributed by atoms with van der Waals surface area (Å²) in [5.41, 5.74) is 7.47. The largest absolute Gasteiger partial charge is 0.337 e. The van der Waals surface area contributed by atoms with Crippen LogP contribution in [0.4, 0.5) is 5.69 Å². The van der Waals surface area contributed by atoms with E-state index in [-0.39, 0.29) is 5.91 Å². The molecule has 0 saturated carbocycles. The van der Waals surface area contributed by atoms with Crippen LogP contribution in [0.25, 0.3) is 10.9 Å². The Kier molecular flexibility index (Phi) is 5.17. The summed E-state index contributed by atoms with van der Waals surface area (Å²) in [6, 6.07) is 12.7. The molecule has 0 spiro atoms. The number of nitrogens with zero attached hydrogens (tertiary/aromatic N) is 1. The lowest BCUT2D eigenvalue weighted by molar-refractivity contribution is 0.101. The van der Waals surface area contributed by atoms with Gasteiger partial charge in [0.2, 0.25) is 0 Å². The van der Waals surface area contributed by atoms with Gasteiger partial charge in [0.15, 0.2) is 0 Å². The number of aryl methyl sites for hydroxylation is 5. The summed E-state index contributed by atoms with van der Waals surface area (Å²) >= 11 is 0. The van der Waals surface area contributed by atoms with Crippen molar-refractivity contribution in [2.75, 3.05) is 5.32 Å². The van der Waals surface area contributed by atoms with Crippen LogP contribution in [0.5, 0.6) is 0 Å². The molecule has 3 nitrogen and oxygen atoms in total. The lowest BCUT2D eigenvalue weighted by Gasteiger charge is -2.14. The molecule has 1 amide bonds. The average Bonchev–Trinajstić information content (AvgIpc) is 2.94. The Morgan fingerprint density at radius 3 is 2.46 bits per heavy atom. The second kappa shape index (κ2) is 7.36. The second-order valence-electron chi connectivity index (χ2n) is 6.84. The number of para-hydroxylation sites is 1. The Morgan fingerprint density at radius 2 is 1.81 bits per heavy atom. The first-order valence-corrected chi connectivity index (χ1v) is 9.53. The summed E-state index contributed by atoms with van der Waals surface area (Å²) in [7, 11) is 0. The van der Waals surface area contributed by atoms with E-state index >= 15 is 0 Å². The van der Waals surface area contributed by atoms with Crippen LogP contribution >= 0.6 is 0 Å². The van der Waals surface area contributed by atoms with Crippen molar-refractivity contribution in [2.24, 2.45) is 0 Å². The summed E-state index contributed by atoms with van der Waals surface area (Å²) in [6.45, 7) is 11.2. The van der Waals surface area contributed by atoms with Gasteiger partial charge in [-0.15, -0.1) is 0 Å². The predicted molar refractivity (Wildman–Crippen MR) is 110 cm³/mol. The molecule has 136 valence electrons. The molecule has 1 heterocycles. The fourth-order valence-corrected chi connectivity index (χ4v) is 3.79. The molecule has 0 unspecified atom stereocenters. The first-order valence-electron chi connectivity index (χ1n) is 9.53. The number of carbonyl (C=O) groups excluding carboxylic acids is 1. The number of nitrogens with one attached hydrogen (secondary N) is 1. The quantitative estimate of drug-likeness (QED) is 0.634. The molecular weight excluding hydrogens is 320 g/mol. The third-order valence-electron chi connectivity index (χ3n) is 5.30. The fourth-order valence-electron chi connectivity index (χ4n) is 3.79. The normalized spacial score (nSPS) is 11.1. The molecular formula is C23H28N2O. The second-order valence-corrected chi connectivity index (χ2v) is 6.84. The highest BCUT2D eigenvalue weighted by Gasteiger charge is 2.21. The number of amides is 1. The molecule has 2 aromatic carbocycles. The number of fused-ring (bicyclic) bond motifs is 1. The van der Waals surface area contributed by atoms with E-state index in [4.69, 9.17) is 0 Å². The maximum absolute atomic E-state index is 13.2. The number of anilines is 1. The van der Waals surface area contributed by atoms with E-state index < -0.39 is 0 Å². The summed E-state index contributed by atoms with van der Waals surface area (Å²) < 4.78 is 2.13. The SMILES string of the molecule is CCc1ccc2c(c1)c(C)c(C(=O)Nc1c(C)cccc1CC)n2CC. The van der Waals surface area contributed by atoms with Crippen LogP contribution in [0.1, 0.15) is 53.5 Å². The highest BCUT2D eigenvalue weighted by Crippen LogP contribution is 2.29. The smallest absolute Gasteiger partial charge is 0.272 e. The molecule has 0 aliphatic heterocycles. The molecule has 3 heteroatoms. The highest BCUT2D eigenvalue weighted by molar-refractivity contribution is 6.09. The third-order valence-corrected chi connectivity index (χ3v) is 5.30. The summed E-state index contributed by atoms with van der Waals surface area (Å²) in [5, 5.41) is 4.37. The average molecular weight is 348 g/mol. The molecule has 0 aliphatic carbocycles. The molecule has 1 N–H and O–H groups in total. The Bertz CT molecular complexity index is 966. The summed E-state index contributed by atoms with van der Waals surface area (Å²) in [4.78, 5) is 13.2. The highest BCUT2D eigenvalue weighted by atomic mass is 16.2. The molecule has 26 heavy (non-hydrogen) atoms. The minimum atomic E-state index is -0.0254. The van der Waals surface area contributed by atoms with Crippen molar-refractivity contribution in [2.45, 2.75) is 54.0 Å². The van der Waals surface area contributed by atoms with Gasteiger partial charge in [-0.2, -0.15) is 0 Å². The summed E-state index contributed by atoms with van der Waals surface area (Å²) in [6.07, 6.45) is 1.89. The van der Waals surface area contributed by atoms with Gasteiger partial charge in [-0.05, 0) is 68.0 Å².